The topological polar surface area (TPSA) is 93.9 Å². The molecule has 0 saturated carbocycles. The Kier molecular flexibility index (Phi) is 7.19. The van der Waals surface area contributed by atoms with Gasteiger partial charge in [-0.15, -0.1) is 12.4 Å². The van der Waals surface area contributed by atoms with E-state index in [0.29, 0.717) is 18.0 Å². The van der Waals surface area contributed by atoms with Crippen molar-refractivity contribution in [1.82, 2.24) is 10.2 Å². The molecule has 1 aliphatic heterocycles. The first-order valence-electron chi connectivity index (χ1n) is 8.58. The Morgan fingerprint density at radius 2 is 1.89 bits per heavy atom. The van der Waals surface area contributed by atoms with E-state index < -0.39 is 4.92 Å². The van der Waals surface area contributed by atoms with Crippen LogP contribution in [0.5, 0.6) is 17.2 Å². The van der Waals surface area contributed by atoms with Gasteiger partial charge in [0.05, 0.1) is 17.6 Å². The average molecular weight is 408 g/mol. The first-order chi connectivity index (χ1) is 13.0. The Balaban J connectivity index is 0.00000280. The summed E-state index contributed by atoms with van der Waals surface area (Å²) >= 11 is 0. The minimum absolute atomic E-state index is 0. The molecule has 0 radical (unpaired) electrons. The molecule has 1 saturated heterocycles. The highest BCUT2D eigenvalue weighted by Gasteiger charge is 2.27. The number of nitrogens with zero attached hydrogens (tertiary/aromatic N) is 2. The van der Waals surface area contributed by atoms with Gasteiger partial charge in [0.15, 0.2) is 0 Å². The normalized spacial score (nSPS) is 15.4. The summed E-state index contributed by atoms with van der Waals surface area (Å²) in [6.07, 6.45) is 0.839. The largest absolute Gasteiger partial charge is 0.497 e. The van der Waals surface area contributed by atoms with Gasteiger partial charge in [-0.05, 0) is 43.3 Å². The highest BCUT2D eigenvalue weighted by molar-refractivity contribution is 5.97. The van der Waals surface area contributed by atoms with E-state index in [-0.39, 0.29) is 41.4 Å². The summed E-state index contributed by atoms with van der Waals surface area (Å²) in [4.78, 5) is 25.2. The predicted octanol–water partition coefficient (Wildman–Crippen LogP) is 3.25. The number of likely N-dealkylation sites (N-methyl/N-ethyl adjacent to an activating group) is 1. The molecule has 0 bridgehead atoms. The zero-order valence-electron chi connectivity index (χ0n) is 15.6. The lowest BCUT2D eigenvalue weighted by molar-refractivity contribution is -0.384. The molecule has 1 fully saturated rings. The van der Waals surface area contributed by atoms with E-state index in [1.165, 1.54) is 18.2 Å². The van der Waals surface area contributed by atoms with Crippen LogP contribution >= 0.6 is 12.4 Å². The monoisotopic (exact) mass is 407 g/mol. The number of carbonyl (C=O) groups excluding carboxylic acids is 1. The quantitative estimate of drug-likeness (QED) is 0.583. The van der Waals surface area contributed by atoms with Gasteiger partial charge < -0.3 is 19.7 Å². The van der Waals surface area contributed by atoms with E-state index in [1.54, 1.807) is 43.3 Å². The van der Waals surface area contributed by atoms with Crippen molar-refractivity contribution < 1.29 is 19.2 Å². The van der Waals surface area contributed by atoms with Gasteiger partial charge in [-0.3, -0.25) is 14.9 Å². The fourth-order valence-corrected chi connectivity index (χ4v) is 2.98. The average Bonchev–Trinajstić information content (AvgIpc) is 3.22. The number of amides is 1. The van der Waals surface area contributed by atoms with Crippen LogP contribution in [0, 0.1) is 10.1 Å². The number of non-ortho nitro benzene ring substituents is 1. The molecule has 1 unspecified atom stereocenters. The van der Waals surface area contributed by atoms with Gasteiger partial charge >= 0.3 is 0 Å². The van der Waals surface area contributed by atoms with Crippen LogP contribution in [0.1, 0.15) is 16.8 Å². The van der Waals surface area contributed by atoms with Crippen LogP contribution in [0.4, 0.5) is 5.69 Å². The number of hydrogen-bond donors (Lipinski definition) is 1. The van der Waals surface area contributed by atoms with Gasteiger partial charge in [0, 0.05) is 31.8 Å². The first kappa shape index (κ1) is 21.5. The predicted molar refractivity (Wildman–Crippen MR) is 107 cm³/mol. The number of nitro groups is 1. The zero-order chi connectivity index (χ0) is 19.4. The number of ether oxygens (including phenoxy) is 2. The summed E-state index contributed by atoms with van der Waals surface area (Å²) in [7, 11) is 3.27. The third-order valence-corrected chi connectivity index (χ3v) is 4.59. The number of rotatable bonds is 6. The number of carbonyl (C=O) groups is 1. The maximum Gasteiger partial charge on any atom is 0.270 e. The van der Waals surface area contributed by atoms with Crippen LogP contribution in [0.25, 0.3) is 0 Å². The fourth-order valence-electron chi connectivity index (χ4n) is 2.98. The second-order valence-corrected chi connectivity index (χ2v) is 6.28. The molecule has 0 aromatic heterocycles. The maximum atomic E-state index is 13.0. The second kappa shape index (κ2) is 9.38. The third kappa shape index (κ3) is 4.71. The molecule has 1 amide bonds. The SMILES string of the molecule is COc1ccc(Oc2ccc([N+](=O)[O-])cc2C(=O)N(C)C2CCNC2)cc1.Cl. The van der Waals surface area contributed by atoms with Crippen LogP contribution in [0.2, 0.25) is 0 Å². The molecule has 1 N–H and O–H groups in total. The summed E-state index contributed by atoms with van der Waals surface area (Å²) in [5.74, 6) is 1.14. The molecular formula is C19H22ClN3O5. The number of hydrogen-bond acceptors (Lipinski definition) is 6. The first-order valence-corrected chi connectivity index (χ1v) is 8.58. The van der Waals surface area contributed by atoms with E-state index in [9.17, 15) is 14.9 Å². The fraction of sp³-hybridized carbons (Fsp3) is 0.316. The summed E-state index contributed by atoms with van der Waals surface area (Å²) in [5.41, 5.74) is 0.00722. The molecule has 0 aliphatic carbocycles. The van der Waals surface area contributed by atoms with Crippen LogP contribution in [-0.4, -0.2) is 49.0 Å². The van der Waals surface area contributed by atoms with Crippen molar-refractivity contribution in [3.63, 3.8) is 0 Å². The van der Waals surface area contributed by atoms with Crippen molar-refractivity contribution in [3.8, 4) is 17.2 Å². The van der Waals surface area contributed by atoms with E-state index >= 15 is 0 Å². The van der Waals surface area contributed by atoms with Gasteiger partial charge in [0.25, 0.3) is 11.6 Å². The van der Waals surface area contributed by atoms with Crippen molar-refractivity contribution in [3.05, 3.63) is 58.1 Å². The molecule has 28 heavy (non-hydrogen) atoms. The van der Waals surface area contributed by atoms with Crippen molar-refractivity contribution in [2.45, 2.75) is 12.5 Å². The Morgan fingerprint density at radius 3 is 2.46 bits per heavy atom. The summed E-state index contributed by atoms with van der Waals surface area (Å²) < 4.78 is 11.0. The van der Waals surface area contributed by atoms with Gasteiger partial charge in [-0.1, -0.05) is 0 Å². The second-order valence-electron chi connectivity index (χ2n) is 6.28. The molecule has 2 aromatic carbocycles. The van der Waals surface area contributed by atoms with Crippen LogP contribution in [0.3, 0.4) is 0 Å². The number of nitro benzene ring substituents is 1. The molecule has 1 heterocycles. The Labute approximate surface area is 169 Å². The van der Waals surface area contributed by atoms with Gasteiger partial charge in [0.1, 0.15) is 17.2 Å². The van der Waals surface area contributed by atoms with Crippen molar-refractivity contribution in [2.24, 2.45) is 0 Å². The lowest BCUT2D eigenvalue weighted by atomic mass is 10.1. The highest BCUT2D eigenvalue weighted by Crippen LogP contribution is 2.31. The minimum atomic E-state index is -0.523. The van der Waals surface area contributed by atoms with E-state index in [1.807, 2.05) is 0 Å². The van der Waals surface area contributed by atoms with E-state index in [4.69, 9.17) is 9.47 Å². The number of methoxy groups -OCH3 is 1. The number of benzene rings is 2. The van der Waals surface area contributed by atoms with Gasteiger partial charge in [-0.2, -0.15) is 0 Å². The number of halogens is 1. The maximum absolute atomic E-state index is 13.0. The molecular weight excluding hydrogens is 386 g/mol. The van der Waals surface area contributed by atoms with Crippen LogP contribution in [-0.2, 0) is 0 Å². The van der Waals surface area contributed by atoms with E-state index in [0.717, 1.165) is 13.0 Å². The molecule has 0 spiro atoms. The molecule has 1 aliphatic rings. The molecule has 3 rings (SSSR count). The summed E-state index contributed by atoms with van der Waals surface area (Å²) in [6, 6.07) is 11.0. The number of nitrogens with one attached hydrogen (secondary N) is 1. The summed E-state index contributed by atoms with van der Waals surface area (Å²) in [6.45, 7) is 1.54. The van der Waals surface area contributed by atoms with Crippen molar-refractivity contribution in [1.29, 1.82) is 0 Å². The van der Waals surface area contributed by atoms with Gasteiger partial charge in [-0.25, -0.2) is 0 Å². The van der Waals surface area contributed by atoms with E-state index in [2.05, 4.69) is 5.32 Å². The third-order valence-electron chi connectivity index (χ3n) is 4.59. The zero-order valence-corrected chi connectivity index (χ0v) is 16.4. The standard InChI is InChI=1S/C19H21N3O5.ClH/c1-21(14-9-10-20-12-14)19(23)17-11-13(22(24)25)3-8-18(17)27-16-6-4-15(26-2)5-7-16;/h3-8,11,14,20H,9-10,12H2,1-2H3;1H. The molecule has 9 heteroatoms. The Bertz CT molecular complexity index is 838. The smallest absolute Gasteiger partial charge is 0.270 e. The van der Waals surface area contributed by atoms with Gasteiger partial charge in [0.2, 0.25) is 0 Å². The molecule has 1 atom stereocenters. The van der Waals surface area contributed by atoms with Crippen molar-refractivity contribution in [2.75, 3.05) is 27.2 Å². The molecule has 2 aromatic rings. The Morgan fingerprint density at radius 1 is 1.21 bits per heavy atom. The summed E-state index contributed by atoms with van der Waals surface area (Å²) in [5, 5.41) is 14.4. The van der Waals surface area contributed by atoms with Crippen LogP contribution in [0.15, 0.2) is 42.5 Å². The van der Waals surface area contributed by atoms with Crippen molar-refractivity contribution >= 4 is 24.0 Å². The van der Waals surface area contributed by atoms with Crippen LogP contribution < -0.4 is 14.8 Å². The molecule has 8 nitrogen and oxygen atoms in total. The molecule has 150 valence electrons. The minimum Gasteiger partial charge on any atom is -0.497 e. The highest BCUT2D eigenvalue weighted by atomic mass is 35.5. The Hall–Kier alpha value is -2.84. The lowest BCUT2D eigenvalue weighted by Crippen LogP contribution is -2.38. The lowest BCUT2D eigenvalue weighted by Gasteiger charge is -2.24.